The average molecular weight is 306 g/mol. The van der Waals surface area contributed by atoms with E-state index in [9.17, 15) is 14.4 Å². The summed E-state index contributed by atoms with van der Waals surface area (Å²) in [4.78, 5) is 34.6. The van der Waals surface area contributed by atoms with Crippen LogP contribution >= 0.6 is 0 Å². The van der Waals surface area contributed by atoms with Crippen molar-refractivity contribution in [2.24, 2.45) is 5.92 Å². The molecule has 3 N–H and O–H groups in total. The highest BCUT2D eigenvalue weighted by Crippen LogP contribution is 2.28. The van der Waals surface area contributed by atoms with E-state index >= 15 is 0 Å². The second-order valence-electron chi connectivity index (χ2n) is 5.54. The Morgan fingerprint density at radius 2 is 2.14 bits per heavy atom. The molecule has 0 saturated carbocycles. The molecule has 118 valence electrons. The van der Waals surface area contributed by atoms with Gasteiger partial charge in [0.2, 0.25) is 0 Å². The van der Waals surface area contributed by atoms with Crippen LogP contribution in [-0.2, 0) is 9.59 Å². The Morgan fingerprint density at radius 1 is 1.41 bits per heavy atom. The maximum Gasteiger partial charge on any atom is 0.326 e. The van der Waals surface area contributed by atoms with Gasteiger partial charge >= 0.3 is 5.97 Å². The molecule has 0 spiro atoms. The monoisotopic (exact) mass is 306 g/mol. The molecule has 1 aliphatic rings. The van der Waals surface area contributed by atoms with E-state index in [-0.39, 0.29) is 24.0 Å². The topological polar surface area (TPSA) is 105 Å². The van der Waals surface area contributed by atoms with E-state index in [0.717, 1.165) is 0 Å². The summed E-state index contributed by atoms with van der Waals surface area (Å²) in [5, 5.41) is 14.2. The SMILES string of the molecule is CC(C)CC(NC(=O)c1ccc2c(c1)NC(=O)CO2)C(=O)O. The molecule has 22 heavy (non-hydrogen) atoms. The van der Waals surface area contributed by atoms with Gasteiger partial charge in [-0.15, -0.1) is 0 Å². The molecule has 0 bridgehead atoms. The predicted octanol–water partition coefficient (Wildman–Crippen LogP) is 1.25. The molecular weight excluding hydrogens is 288 g/mol. The second kappa shape index (κ2) is 6.46. The van der Waals surface area contributed by atoms with E-state index in [1.165, 1.54) is 12.1 Å². The highest BCUT2D eigenvalue weighted by molar-refractivity contribution is 6.00. The van der Waals surface area contributed by atoms with Crippen LogP contribution in [0.2, 0.25) is 0 Å². The number of hydrogen-bond acceptors (Lipinski definition) is 4. The highest BCUT2D eigenvalue weighted by atomic mass is 16.5. The van der Waals surface area contributed by atoms with Crippen molar-refractivity contribution in [3.8, 4) is 5.75 Å². The molecular formula is C15H18N2O5. The van der Waals surface area contributed by atoms with Crippen molar-refractivity contribution < 1.29 is 24.2 Å². The van der Waals surface area contributed by atoms with Crippen LogP contribution in [-0.4, -0.2) is 35.5 Å². The Bertz CT molecular complexity index is 612. The molecule has 2 rings (SSSR count). The summed E-state index contributed by atoms with van der Waals surface area (Å²) in [7, 11) is 0. The van der Waals surface area contributed by atoms with Crippen LogP contribution in [0.15, 0.2) is 18.2 Å². The van der Waals surface area contributed by atoms with E-state index in [1.807, 2.05) is 13.8 Å². The average Bonchev–Trinajstić information content (AvgIpc) is 2.45. The number of carboxylic acid groups (broad SMARTS) is 1. The second-order valence-corrected chi connectivity index (χ2v) is 5.54. The molecule has 2 amide bonds. The summed E-state index contributed by atoms with van der Waals surface area (Å²) in [5.74, 6) is -1.26. The van der Waals surface area contributed by atoms with Gasteiger partial charge in [-0.25, -0.2) is 4.79 Å². The number of nitrogens with one attached hydrogen (secondary N) is 2. The summed E-state index contributed by atoms with van der Waals surface area (Å²) < 4.78 is 5.20. The Labute approximate surface area is 127 Å². The van der Waals surface area contributed by atoms with Gasteiger partial charge in [0.05, 0.1) is 5.69 Å². The van der Waals surface area contributed by atoms with E-state index in [4.69, 9.17) is 9.84 Å². The van der Waals surface area contributed by atoms with E-state index in [2.05, 4.69) is 10.6 Å². The van der Waals surface area contributed by atoms with Crippen molar-refractivity contribution in [1.82, 2.24) is 5.32 Å². The van der Waals surface area contributed by atoms with Crippen LogP contribution < -0.4 is 15.4 Å². The van der Waals surface area contributed by atoms with Crippen molar-refractivity contribution in [2.75, 3.05) is 11.9 Å². The van der Waals surface area contributed by atoms with Crippen molar-refractivity contribution >= 4 is 23.5 Å². The minimum Gasteiger partial charge on any atom is -0.482 e. The third kappa shape index (κ3) is 3.75. The number of carbonyl (C=O) groups is 3. The number of fused-ring (bicyclic) bond motifs is 1. The Balaban J connectivity index is 2.13. The Morgan fingerprint density at radius 3 is 2.77 bits per heavy atom. The van der Waals surface area contributed by atoms with E-state index < -0.39 is 17.9 Å². The zero-order valence-electron chi connectivity index (χ0n) is 12.4. The Hall–Kier alpha value is -2.57. The number of carboxylic acids is 1. The third-order valence-electron chi connectivity index (χ3n) is 3.19. The fourth-order valence-corrected chi connectivity index (χ4v) is 2.16. The fraction of sp³-hybridized carbons (Fsp3) is 0.400. The lowest BCUT2D eigenvalue weighted by atomic mass is 10.0. The minimum absolute atomic E-state index is 0.0615. The number of aliphatic carboxylic acids is 1. The normalized spacial score (nSPS) is 14.6. The molecule has 0 radical (unpaired) electrons. The van der Waals surface area contributed by atoms with E-state index in [1.54, 1.807) is 6.07 Å². The van der Waals surface area contributed by atoms with E-state index in [0.29, 0.717) is 17.9 Å². The van der Waals surface area contributed by atoms with Gasteiger partial charge in [-0.05, 0) is 30.5 Å². The number of hydrogen-bond donors (Lipinski definition) is 3. The van der Waals surface area contributed by atoms with Crippen molar-refractivity contribution in [3.63, 3.8) is 0 Å². The first-order valence-electron chi connectivity index (χ1n) is 6.97. The first-order chi connectivity index (χ1) is 10.4. The molecule has 0 fully saturated rings. The summed E-state index contributed by atoms with van der Waals surface area (Å²) in [6, 6.07) is 3.62. The molecule has 1 aliphatic heterocycles. The zero-order valence-corrected chi connectivity index (χ0v) is 12.4. The van der Waals surface area contributed by atoms with Gasteiger partial charge in [-0.2, -0.15) is 0 Å². The molecule has 1 heterocycles. The molecule has 1 atom stereocenters. The van der Waals surface area contributed by atoms with Crippen LogP contribution in [0.3, 0.4) is 0 Å². The van der Waals surface area contributed by atoms with Crippen molar-refractivity contribution in [1.29, 1.82) is 0 Å². The molecule has 0 aliphatic carbocycles. The standard InChI is InChI=1S/C15H18N2O5/c1-8(2)5-11(15(20)21)17-14(19)9-3-4-12-10(6-9)16-13(18)7-22-12/h3-4,6,8,11H,5,7H2,1-2H3,(H,16,18)(H,17,19)(H,20,21). The van der Waals surface area contributed by atoms with Crippen molar-refractivity contribution in [3.05, 3.63) is 23.8 Å². The summed E-state index contributed by atoms with van der Waals surface area (Å²) in [5.41, 5.74) is 0.666. The summed E-state index contributed by atoms with van der Waals surface area (Å²) >= 11 is 0. The number of carbonyl (C=O) groups excluding carboxylic acids is 2. The van der Waals surface area contributed by atoms with Gasteiger partial charge in [-0.3, -0.25) is 9.59 Å². The number of rotatable bonds is 5. The number of benzene rings is 1. The molecule has 0 aromatic heterocycles. The van der Waals surface area contributed by atoms with Gasteiger partial charge in [0.1, 0.15) is 11.8 Å². The molecule has 1 aromatic rings. The fourth-order valence-electron chi connectivity index (χ4n) is 2.16. The lowest BCUT2D eigenvalue weighted by molar-refractivity contribution is -0.139. The summed E-state index contributed by atoms with van der Waals surface area (Å²) in [6.07, 6.45) is 0.339. The van der Waals surface area contributed by atoms with Crippen LogP contribution in [0.1, 0.15) is 30.6 Å². The lowest BCUT2D eigenvalue weighted by Crippen LogP contribution is -2.41. The van der Waals surface area contributed by atoms with Crippen molar-refractivity contribution in [2.45, 2.75) is 26.3 Å². The number of anilines is 1. The van der Waals surface area contributed by atoms with Crippen LogP contribution in [0.5, 0.6) is 5.75 Å². The largest absolute Gasteiger partial charge is 0.482 e. The number of ether oxygens (including phenoxy) is 1. The predicted molar refractivity (Wildman–Crippen MR) is 78.9 cm³/mol. The highest BCUT2D eigenvalue weighted by Gasteiger charge is 2.23. The minimum atomic E-state index is -1.07. The maximum absolute atomic E-state index is 12.2. The van der Waals surface area contributed by atoms with Crippen LogP contribution in [0.4, 0.5) is 5.69 Å². The smallest absolute Gasteiger partial charge is 0.326 e. The molecule has 7 nitrogen and oxygen atoms in total. The quantitative estimate of drug-likeness (QED) is 0.759. The lowest BCUT2D eigenvalue weighted by Gasteiger charge is -2.19. The molecule has 1 unspecified atom stereocenters. The molecule has 7 heteroatoms. The van der Waals surface area contributed by atoms with Gasteiger partial charge in [-0.1, -0.05) is 13.8 Å². The van der Waals surface area contributed by atoms with Crippen LogP contribution in [0, 0.1) is 5.92 Å². The van der Waals surface area contributed by atoms with Gasteiger partial charge in [0.25, 0.3) is 11.8 Å². The summed E-state index contributed by atoms with van der Waals surface area (Å²) in [6.45, 7) is 3.70. The van der Waals surface area contributed by atoms with Gasteiger partial charge in [0, 0.05) is 5.56 Å². The third-order valence-corrected chi connectivity index (χ3v) is 3.19. The zero-order chi connectivity index (χ0) is 16.3. The Kier molecular flexibility index (Phi) is 4.65. The number of amides is 2. The molecule has 1 aromatic carbocycles. The maximum atomic E-state index is 12.2. The first-order valence-corrected chi connectivity index (χ1v) is 6.97. The van der Waals surface area contributed by atoms with Gasteiger partial charge < -0.3 is 20.5 Å². The molecule has 0 saturated heterocycles. The van der Waals surface area contributed by atoms with Gasteiger partial charge in [0.15, 0.2) is 6.61 Å². The first kappa shape index (κ1) is 15.8. The van der Waals surface area contributed by atoms with Crippen LogP contribution in [0.25, 0.3) is 0 Å².